The van der Waals surface area contributed by atoms with Crippen LogP contribution in [0.5, 0.6) is 5.75 Å². The number of hydrogen-bond acceptors (Lipinski definition) is 4. The van der Waals surface area contributed by atoms with Crippen LogP contribution in [0.2, 0.25) is 5.02 Å². The fourth-order valence-electron chi connectivity index (χ4n) is 2.31. The van der Waals surface area contributed by atoms with Gasteiger partial charge in [-0.2, -0.15) is 5.10 Å². The lowest BCUT2D eigenvalue weighted by atomic mass is 10.2. The Morgan fingerprint density at radius 3 is 3.00 bits per heavy atom. The predicted molar refractivity (Wildman–Crippen MR) is 95.8 cm³/mol. The molecular weight excluding hydrogens is 340 g/mol. The summed E-state index contributed by atoms with van der Waals surface area (Å²) in [6, 6.07) is 12.5. The minimum Gasteiger partial charge on any atom is -0.486 e. The lowest BCUT2D eigenvalue weighted by molar-refractivity contribution is 0.103. The van der Waals surface area contributed by atoms with Gasteiger partial charge in [-0.1, -0.05) is 17.7 Å². The molecule has 128 valence electrons. The first-order valence-electron chi connectivity index (χ1n) is 7.87. The molecule has 0 amide bonds. The van der Waals surface area contributed by atoms with Gasteiger partial charge in [0.05, 0.1) is 0 Å². The van der Waals surface area contributed by atoms with E-state index in [0.29, 0.717) is 34.5 Å². The molecule has 0 aliphatic rings. The monoisotopic (exact) mass is 356 g/mol. The molecule has 2 heterocycles. The molecule has 3 rings (SSSR count). The molecule has 0 N–H and O–H groups in total. The van der Waals surface area contributed by atoms with E-state index in [1.54, 1.807) is 41.2 Å². The number of carbonyl (C=O) groups excluding carboxylic acids is 1. The average Bonchev–Trinajstić information content (AvgIpc) is 3.27. The molecule has 0 atom stereocenters. The molecule has 0 saturated heterocycles. The molecule has 5 nitrogen and oxygen atoms in total. The summed E-state index contributed by atoms with van der Waals surface area (Å²) < 4.78 is 12.9. The smallest absolute Gasteiger partial charge is 0.203 e. The molecule has 0 spiro atoms. The molecule has 3 aromatic rings. The second-order valence-corrected chi connectivity index (χ2v) is 5.72. The molecule has 0 bridgehead atoms. The van der Waals surface area contributed by atoms with Gasteiger partial charge in [0, 0.05) is 17.8 Å². The summed E-state index contributed by atoms with van der Waals surface area (Å²) in [5.74, 6) is 1.79. The number of nitrogens with zero attached hydrogens (tertiary/aromatic N) is 2. The highest BCUT2D eigenvalue weighted by Crippen LogP contribution is 2.19. The summed E-state index contributed by atoms with van der Waals surface area (Å²) in [6.45, 7) is 2.87. The first-order valence-corrected chi connectivity index (χ1v) is 8.25. The van der Waals surface area contributed by atoms with Crippen molar-refractivity contribution in [2.75, 3.05) is 0 Å². The van der Waals surface area contributed by atoms with Gasteiger partial charge in [0.2, 0.25) is 5.78 Å². The number of hydrogen-bond donors (Lipinski definition) is 0. The third kappa shape index (κ3) is 4.39. The Labute approximate surface area is 150 Å². The van der Waals surface area contributed by atoms with Gasteiger partial charge in [0.1, 0.15) is 29.6 Å². The van der Waals surface area contributed by atoms with Crippen LogP contribution < -0.4 is 4.74 Å². The highest BCUT2D eigenvalue weighted by molar-refractivity contribution is 6.30. The number of carbonyl (C=O) groups is 1. The molecule has 1 aromatic carbocycles. The molecule has 0 radical (unpaired) electrons. The van der Waals surface area contributed by atoms with Crippen molar-refractivity contribution in [2.45, 2.75) is 20.1 Å². The van der Waals surface area contributed by atoms with Gasteiger partial charge in [-0.3, -0.25) is 9.48 Å². The molecule has 2 aromatic heterocycles. The van der Waals surface area contributed by atoms with Gasteiger partial charge in [0.15, 0.2) is 0 Å². The van der Waals surface area contributed by atoms with Crippen molar-refractivity contribution in [3.8, 4) is 5.75 Å². The van der Waals surface area contributed by atoms with Crippen LogP contribution in [0.1, 0.15) is 28.9 Å². The van der Waals surface area contributed by atoms with Crippen LogP contribution in [-0.4, -0.2) is 15.6 Å². The predicted octanol–water partition coefficient (Wildman–Crippen LogP) is 4.62. The number of rotatable bonds is 7. The van der Waals surface area contributed by atoms with E-state index in [4.69, 9.17) is 20.8 Å². The van der Waals surface area contributed by atoms with E-state index in [2.05, 4.69) is 5.10 Å². The quantitative estimate of drug-likeness (QED) is 0.457. The number of ether oxygens (including phenoxy) is 1. The maximum absolute atomic E-state index is 12.2. The average molecular weight is 357 g/mol. The third-order valence-electron chi connectivity index (χ3n) is 3.53. The number of halogens is 1. The Bertz CT molecular complexity index is 895. The highest BCUT2D eigenvalue weighted by atomic mass is 35.5. The van der Waals surface area contributed by atoms with Gasteiger partial charge in [-0.05, 0) is 55.5 Å². The van der Waals surface area contributed by atoms with Crippen LogP contribution in [0, 0.1) is 0 Å². The van der Waals surface area contributed by atoms with E-state index in [-0.39, 0.29) is 12.4 Å². The van der Waals surface area contributed by atoms with Gasteiger partial charge >= 0.3 is 0 Å². The normalized spacial score (nSPS) is 11.1. The first kappa shape index (κ1) is 17.0. The summed E-state index contributed by atoms with van der Waals surface area (Å²) in [7, 11) is 0. The Morgan fingerprint density at radius 1 is 1.32 bits per heavy atom. The Morgan fingerprint density at radius 2 is 2.20 bits per heavy atom. The molecule has 6 heteroatoms. The van der Waals surface area contributed by atoms with Crippen LogP contribution in [0.15, 0.2) is 59.2 Å². The van der Waals surface area contributed by atoms with Gasteiger partial charge < -0.3 is 9.15 Å². The Balaban J connectivity index is 1.60. The lowest BCUT2D eigenvalue weighted by Crippen LogP contribution is -2.07. The summed E-state index contributed by atoms with van der Waals surface area (Å²) >= 11 is 5.91. The van der Waals surface area contributed by atoms with Gasteiger partial charge in [-0.25, -0.2) is 0 Å². The van der Waals surface area contributed by atoms with Crippen LogP contribution in [0.25, 0.3) is 6.08 Å². The van der Waals surface area contributed by atoms with Gasteiger partial charge in [-0.15, -0.1) is 0 Å². The summed E-state index contributed by atoms with van der Waals surface area (Å²) in [5, 5.41) is 4.70. The van der Waals surface area contributed by atoms with Crippen molar-refractivity contribution in [3.05, 3.63) is 77.0 Å². The number of aromatic nitrogens is 2. The Kier molecular flexibility index (Phi) is 5.36. The van der Waals surface area contributed by atoms with Crippen molar-refractivity contribution < 1.29 is 13.9 Å². The summed E-state index contributed by atoms with van der Waals surface area (Å²) in [5.41, 5.74) is 0.551. The van der Waals surface area contributed by atoms with Crippen LogP contribution in [-0.2, 0) is 13.2 Å². The van der Waals surface area contributed by atoms with Crippen LogP contribution in [0.3, 0.4) is 0 Å². The minimum atomic E-state index is -0.118. The van der Waals surface area contributed by atoms with E-state index in [1.807, 2.05) is 25.1 Å². The molecule has 0 aliphatic carbocycles. The number of aryl methyl sites for hydroxylation is 1. The van der Waals surface area contributed by atoms with Crippen molar-refractivity contribution in [1.29, 1.82) is 0 Å². The van der Waals surface area contributed by atoms with Crippen molar-refractivity contribution >= 4 is 23.5 Å². The van der Waals surface area contributed by atoms with Crippen molar-refractivity contribution in [1.82, 2.24) is 9.78 Å². The molecule has 0 unspecified atom stereocenters. The summed E-state index contributed by atoms with van der Waals surface area (Å²) in [6.07, 6.45) is 4.73. The maximum atomic E-state index is 12.2. The maximum Gasteiger partial charge on any atom is 0.203 e. The second-order valence-electron chi connectivity index (χ2n) is 5.28. The second kappa shape index (κ2) is 7.85. The van der Waals surface area contributed by atoms with Crippen molar-refractivity contribution in [2.24, 2.45) is 0 Å². The minimum absolute atomic E-state index is 0.118. The van der Waals surface area contributed by atoms with Crippen LogP contribution >= 0.6 is 11.6 Å². The summed E-state index contributed by atoms with van der Waals surface area (Å²) in [4.78, 5) is 12.2. The van der Waals surface area contributed by atoms with E-state index in [0.717, 1.165) is 0 Å². The molecular formula is C19H17ClN2O3. The van der Waals surface area contributed by atoms with E-state index in [1.165, 1.54) is 6.08 Å². The zero-order valence-corrected chi connectivity index (χ0v) is 14.4. The number of furan rings is 1. The molecule has 0 saturated carbocycles. The van der Waals surface area contributed by atoms with Gasteiger partial charge in [0.25, 0.3) is 0 Å². The van der Waals surface area contributed by atoms with E-state index >= 15 is 0 Å². The number of allylic oxidation sites excluding steroid dienone is 1. The van der Waals surface area contributed by atoms with Crippen LogP contribution in [0.4, 0.5) is 0 Å². The lowest BCUT2D eigenvalue weighted by Gasteiger charge is -2.03. The third-order valence-corrected chi connectivity index (χ3v) is 3.76. The largest absolute Gasteiger partial charge is 0.486 e. The van der Waals surface area contributed by atoms with Crippen molar-refractivity contribution in [3.63, 3.8) is 0 Å². The Hall–Kier alpha value is -2.79. The van der Waals surface area contributed by atoms with E-state index < -0.39 is 0 Å². The zero-order valence-electron chi connectivity index (χ0n) is 13.7. The zero-order chi connectivity index (χ0) is 17.6. The first-order chi connectivity index (χ1) is 12.2. The molecule has 0 fully saturated rings. The number of ketones is 1. The molecule has 25 heavy (non-hydrogen) atoms. The topological polar surface area (TPSA) is 57.3 Å². The fourth-order valence-corrected chi connectivity index (χ4v) is 2.49. The number of benzene rings is 1. The highest BCUT2D eigenvalue weighted by Gasteiger charge is 2.08. The SMILES string of the molecule is CCn1nccc1C(=O)C=Cc1ccc(COc2cccc(Cl)c2)o1. The molecule has 0 aliphatic heterocycles. The standard InChI is InChI=1S/C19H17ClN2O3/c1-2-22-18(10-11-21-22)19(23)9-8-15-6-7-17(25-15)13-24-16-5-3-4-14(20)12-16/h3-12H,2,13H2,1H3. The van der Waals surface area contributed by atoms with E-state index in [9.17, 15) is 4.79 Å². The fraction of sp³-hybridized carbons (Fsp3) is 0.158.